The highest BCUT2D eigenvalue weighted by Crippen LogP contribution is 2.33. The number of fused-ring (bicyclic) bond motifs is 1. The Kier molecular flexibility index (Phi) is 4.22. The normalized spacial score (nSPS) is 13.2. The number of carbonyl (C=O) groups is 1. The van der Waals surface area contributed by atoms with Crippen molar-refractivity contribution in [2.75, 3.05) is 7.05 Å². The van der Waals surface area contributed by atoms with Gasteiger partial charge in [0.25, 0.3) is 5.91 Å². The fourth-order valence-corrected chi connectivity index (χ4v) is 3.71. The number of aromatic nitrogens is 3. The van der Waals surface area contributed by atoms with Crippen molar-refractivity contribution in [3.63, 3.8) is 0 Å². The van der Waals surface area contributed by atoms with Gasteiger partial charge < -0.3 is 14.6 Å². The first-order valence-corrected chi connectivity index (χ1v) is 8.40. The fraction of sp³-hybridized carbons (Fsp3) is 0.357. The molecule has 2 heterocycles. The van der Waals surface area contributed by atoms with Gasteiger partial charge in [0.1, 0.15) is 11.6 Å². The third kappa shape index (κ3) is 2.77. The summed E-state index contributed by atoms with van der Waals surface area (Å²) in [5.74, 6) is 1.73. The minimum atomic E-state index is -0.142. The van der Waals surface area contributed by atoms with Gasteiger partial charge in [-0.2, -0.15) is 0 Å². The van der Waals surface area contributed by atoms with Crippen molar-refractivity contribution in [3.05, 3.63) is 38.3 Å². The summed E-state index contributed by atoms with van der Waals surface area (Å²) in [4.78, 5) is 14.1. The summed E-state index contributed by atoms with van der Waals surface area (Å²) >= 11 is 6.48. The van der Waals surface area contributed by atoms with Gasteiger partial charge in [0, 0.05) is 25.6 Å². The summed E-state index contributed by atoms with van der Waals surface area (Å²) in [6.07, 6.45) is 2.02. The van der Waals surface area contributed by atoms with Crippen LogP contribution in [0.4, 0.5) is 0 Å². The Morgan fingerprint density at radius 2 is 2.05 bits per heavy atom. The first-order valence-electron chi connectivity index (χ1n) is 6.82. The molecule has 1 aromatic heterocycles. The number of aromatic hydroxyl groups is 1. The highest BCUT2D eigenvalue weighted by molar-refractivity contribution is 9.11. The van der Waals surface area contributed by atoms with Gasteiger partial charge in [-0.3, -0.25) is 4.79 Å². The smallest absolute Gasteiger partial charge is 0.254 e. The molecule has 0 saturated heterocycles. The van der Waals surface area contributed by atoms with Crippen molar-refractivity contribution in [2.45, 2.75) is 25.9 Å². The van der Waals surface area contributed by atoms with E-state index in [1.807, 2.05) is 0 Å². The monoisotopic (exact) mass is 428 g/mol. The molecule has 1 N–H and O–H groups in total. The van der Waals surface area contributed by atoms with Crippen LogP contribution in [0.5, 0.6) is 5.75 Å². The van der Waals surface area contributed by atoms with Gasteiger partial charge in [0.2, 0.25) is 0 Å². The molecule has 1 aromatic carbocycles. The van der Waals surface area contributed by atoms with Gasteiger partial charge in [-0.1, -0.05) is 0 Å². The van der Waals surface area contributed by atoms with Crippen LogP contribution in [-0.2, 0) is 19.5 Å². The van der Waals surface area contributed by atoms with E-state index in [2.05, 4.69) is 46.6 Å². The van der Waals surface area contributed by atoms with Gasteiger partial charge in [-0.15, -0.1) is 10.2 Å². The van der Waals surface area contributed by atoms with Gasteiger partial charge in [-0.05, 0) is 50.4 Å². The average molecular weight is 430 g/mol. The Balaban J connectivity index is 1.80. The second-order valence-corrected chi connectivity index (χ2v) is 6.95. The van der Waals surface area contributed by atoms with Gasteiger partial charge >= 0.3 is 0 Å². The first-order chi connectivity index (χ1) is 10.5. The minimum absolute atomic E-state index is 0.0782. The molecule has 1 aliphatic rings. The molecule has 2 aromatic rings. The zero-order valence-electron chi connectivity index (χ0n) is 11.9. The molecule has 0 saturated carbocycles. The van der Waals surface area contributed by atoms with Crippen molar-refractivity contribution < 1.29 is 9.90 Å². The number of rotatable bonds is 3. The van der Waals surface area contributed by atoms with Crippen molar-refractivity contribution in [1.82, 2.24) is 19.7 Å². The molecule has 8 heteroatoms. The lowest BCUT2D eigenvalue weighted by molar-refractivity contribution is 0.0780. The molecule has 6 nitrogen and oxygen atoms in total. The SMILES string of the molecule is CN(Cc1nnc2n1CCC2)C(=O)c1cc(Br)c(O)c(Br)c1. The second kappa shape index (κ2) is 6.00. The Labute approximate surface area is 144 Å². The predicted molar refractivity (Wildman–Crippen MR) is 87.6 cm³/mol. The lowest BCUT2D eigenvalue weighted by Gasteiger charge is -2.17. The molecule has 0 unspecified atom stereocenters. The van der Waals surface area contributed by atoms with E-state index < -0.39 is 0 Å². The van der Waals surface area contributed by atoms with Crippen LogP contribution >= 0.6 is 31.9 Å². The fourth-order valence-electron chi connectivity index (χ4n) is 2.52. The van der Waals surface area contributed by atoms with Crippen LogP contribution in [-0.4, -0.2) is 37.7 Å². The van der Waals surface area contributed by atoms with E-state index in [9.17, 15) is 9.90 Å². The maximum Gasteiger partial charge on any atom is 0.254 e. The predicted octanol–water partition coefficient (Wildman–Crippen LogP) is 2.73. The average Bonchev–Trinajstić information content (AvgIpc) is 3.08. The molecule has 1 aliphatic heterocycles. The van der Waals surface area contributed by atoms with Crippen molar-refractivity contribution >= 4 is 37.8 Å². The quantitative estimate of drug-likeness (QED) is 0.814. The van der Waals surface area contributed by atoms with Crippen LogP contribution in [0, 0.1) is 0 Å². The Morgan fingerprint density at radius 1 is 1.36 bits per heavy atom. The number of phenols is 1. The lowest BCUT2D eigenvalue weighted by Crippen LogP contribution is -2.27. The largest absolute Gasteiger partial charge is 0.506 e. The molecule has 116 valence electrons. The number of phenolic OH excluding ortho intramolecular Hbond substituents is 1. The standard InChI is InChI=1S/C14H14Br2N4O2/c1-19(7-12-18-17-11-3-2-4-20(11)12)14(22)8-5-9(15)13(21)10(16)6-8/h5-6,21H,2-4,7H2,1H3. The molecule has 22 heavy (non-hydrogen) atoms. The molecular weight excluding hydrogens is 416 g/mol. The van der Waals surface area contributed by atoms with E-state index in [1.165, 1.54) is 0 Å². The molecule has 3 rings (SSSR count). The van der Waals surface area contributed by atoms with E-state index in [0.29, 0.717) is 21.1 Å². The number of nitrogens with zero attached hydrogens (tertiary/aromatic N) is 4. The maximum absolute atomic E-state index is 12.5. The minimum Gasteiger partial charge on any atom is -0.506 e. The van der Waals surface area contributed by atoms with E-state index in [-0.39, 0.29) is 11.7 Å². The number of amides is 1. The van der Waals surface area contributed by atoms with Crippen molar-refractivity contribution in [2.24, 2.45) is 0 Å². The molecule has 0 spiro atoms. The van der Waals surface area contributed by atoms with Crippen LogP contribution < -0.4 is 0 Å². The number of carbonyl (C=O) groups excluding carboxylic acids is 1. The third-order valence-electron chi connectivity index (χ3n) is 3.68. The molecule has 0 atom stereocenters. The lowest BCUT2D eigenvalue weighted by atomic mass is 10.2. The van der Waals surface area contributed by atoms with Crippen LogP contribution in [0.1, 0.15) is 28.4 Å². The molecular formula is C14H14Br2N4O2. The molecule has 0 radical (unpaired) electrons. The maximum atomic E-state index is 12.5. The van der Waals surface area contributed by atoms with Crippen LogP contribution in [0.15, 0.2) is 21.1 Å². The number of halogens is 2. The summed E-state index contributed by atoms with van der Waals surface area (Å²) in [5.41, 5.74) is 0.486. The van der Waals surface area contributed by atoms with Gasteiger partial charge in [-0.25, -0.2) is 0 Å². The number of hydrogen-bond acceptors (Lipinski definition) is 4. The van der Waals surface area contributed by atoms with Gasteiger partial charge in [0.05, 0.1) is 15.5 Å². The Hall–Kier alpha value is -1.41. The van der Waals surface area contributed by atoms with Crippen molar-refractivity contribution in [3.8, 4) is 5.75 Å². The molecule has 1 amide bonds. The topological polar surface area (TPSA) is 71.2 Å². The second-order valence-electron chi connectivity index (χ2n) is 5.24. The Morgan fingerprint density at radius 3 is 2.73 bits per heavy atom. The number of benzene rings is 1. The third-order valence-corrected chi connectivity index (χ3v) is 4.88. The van der Waals surface area contributed by atoms with E-state index >= 15 is 0 Å². The van der Waals surface area contributed by atoms with E-state index in [0.717, 1.165) is 31.0 Å². The van der Waals surface area contributed by atoms with Crippen LogP contribution in [0.3, 0.4) is 0 Å². The number of aryl methyl sites for hydroxylation is 1. The van der Waals surface area contributed by atoms with Crippen LogP contribution in [0.25, 0.3) is 0 Å². The zero-order chi connectivity index (χ0) is 15.9. The molecule has 0 fully saturated rings. The van der Waals surface area contributed by atoms with Gasteiger partial charge in [0.15, 0.2) is 5.82 Å². The zero-order valence-corrected chi connectivity index (χ0v) is 15.1. The van der Waals surface area contributed by atoms with E-state index in [1.54, 1.807) is 24.1 Å². The summed E-state index contributed by atoms with van der Waals surface area (Å²) in [5, 5.41) is 18.0. The molecule has 0 bridgehead atoms. The van der Waals surface area contributed by atoms with Crippen molar-refractivity contribution in [1.29, 1.82) is 0 Å². The van der Waals surface area contributed by atoms with Crippen LogP contribution in [0.2, 0.25) is 0 Å². The summed E-state index contributed by atoms with van der Waals surface area (Å²) in [7, 11) is 1.73. The number of hydrogen-bond donors (Lipinski definition) is 1. The summed E-state index contributed by atoms with van der Waals surface area (Å²) < 4.78 is 3.02. The summed E-state index contributed by atoms with van der Waals surface area (Å²) in [6.45, 7) is 1.32. The molecule has 0 aliphatic carbocycles. The Bertz CT molecular complexity index is 721. The summed E-state index contributed by atoms with van der Waals surface area (Å²) in [6, 6.07) is 3.21. The highest BCUT2D eigenvalue weighted by atomic mass is 79.9. The van der Waals surface area contributed by atoms with E-state index in [4.69, 9.17) is 0 Å². The highest BCUT2D eigenvalue weighted by Gasteiger charge is 2.21. The first kappa shape index (κ1) is 15.5.